The van der Waals surface area contributed by atoms with Crippen LogP contribution in [0.4, 0.5) is 0 Å². The molecule has 0 aromatic rings. The Balaban J connectivity index is 1.33. The van der Waals surface area contributed by atoms with Gasteiger partial charge in [-0.2, -0.15) is 0 Å². The molecule has 94 valence electrons. The first-order valence-corrected chi connectivity index (χ1v) is 7.34. The summed E-state index contributed by atoms with van der Waals surface area (Å²) in [6, 6.07) is 1.81. The molecule has 2 saturated carbocycles. The molecular weight excluding hydrogens is 212 g/mol. The van der Waals surface area contributed by atoms with Crippen molar-refractivity contribution in [2.75, 3.05) is 0 Å². The molecule has 0 aromatic carbocycles. The summed E-state index contributed by atoms with van der Waals surface area (Å²) in [6.07, 6.45) is 8.68. The lowest BCUT2D eigenvalue weighted by Gasteiger charge is -2.30. The van der Waals surface area contributed by atoms with Crippen LogP contribution < -0.4 is 10.6 Å². The maximum Gasteiger partial charge on any atom is 0.223 e. The molecule has 2 aliphatic heterocycles. The fraction of sp³-hybridized carbons (Fsp3) is 0.929. The van der Waals surface area contributed by atoms with Crippen molar-refractivity contribution in [2.24, 2.45) is 17.8 Å². The van der Waals surface area contributed by atoms with Crippen LogP contribution in [0.2, 0.25) is 0 Å². The Hall–Kier alpha value is -0.570. The molecule has 17 heavy (non-hydrogen) atoms. The maximum absolute atomic E-state index is 12.2. The predicted molar refractivity (Wildman–Crippen MR) is 65.4 cm³/mol. The van der Waals surface area contributed by atoms with E-state index in [1.165, 1.54) is 32.1 Å². The van der Waals surface area contributed by atoms with Gasteiger partial charge in [0.1, 0.15) is 0 Å². The van der Waals surface area contributed by atoms with Crippen LogP contribution in [-0.2, 0) is 4.79 Å². The van der Waals surface area contributed by atoms with E-state index < -0.39 is 0 Å². The number of fused-ring (bicyclic) bond motifs is 3. The van der Waals surface area contributed by atoms with Crippen molar-refractivity contribution in [1.82, 2.24) is 10.6 Å². The fourth-order valence-corrected chi connectivity index (χ4v) is 4.42. The third kappa shape index (κ3) is 1.88. The molecule has 2 bridgehead atoms. The Morgan fingerprint density at radius 2 is 1.59 bits per heavy atom. The third-order valence-electron chi connectivity index (χ3n) is 5.43. The molecule has 2 N–H and O–H groups in total. The first-order valence-electron chi connectivity index (χ1n) is 7.34. The molecule has 4 unspecified atom stereocenters. The second-order valence-corrected chi connectivity index (χ2v) is 6.74. The molecule has 2 aliphatic carbocycles. The zero-order chi connectivity index (χ0) is 11.4. The number of amides is 1. The minimum Gasteiger partial charge on any atom is -0.353 e. The van der Waals surface area contributed by atoms with Gasteiger partial charge in [0.15, 0.2) is 0 Å². The summed E-state index contributed by atoms with van der Waals surface area (Å²) in [5.41, 5.74) is 0. The monoisotopic (exact) mass is 234 g/mol. The SMILES string of the molecule is O=C(NC1CC2CCC(C1)N2)C1CC2CC2C1. The van der Waals surface area contributed by atoms with Crippen LogP contribution in [0, 0.1) is 17.8 Å². The Morgan fingerprint density at radius 3 is 2.24 bits per heavy atom. The van der Waals surface area contributed by atoms with Crippen LogP contribution in [0.3, 0.4) is 0 Å². The number of piperidine rings is 1. The molecule has 3 heteroatoms. The molecule has 0 radical (unpaired) electrons. The number of hydrogen-bond acceptors (Lipinski definition) is 2. The van der Waals surface area contributed by atoms with E-state index in [0.29, 0.717) is 30.0 Å². The maximum atomic E-state index is 12.2. The van der Waals surface area contributed by atoms with E-state index in [-0.39, 0.29) is 0 Å². The van der Waals surface area contributed by atoms with E-state index >= 15 is 0 Å². The summed E-state index contributed by atoms with van der Waals surface area (Å²) in [7, 11) is 0. The molecular formula is C14H22N2O. The van der Waals surface area contributed by atoms with E-state index in [2.05, 4.69) is 10.6 Å². The molecule has 4 fully saturated rings. The van der Waals surface area contributed by atoms with Crippen molar-refractivity contribution in [3.05, 3.63) is 0 Å². The van der Waals surface area contributed by atoms with Crippen molar-refractivity contribution in [2.45, 2.75) is 63.1 Å². The van der Waals surface area contributed by atoms with Crippen molar-refractivity contribution in [3.8, 4) is 0 Å². The average Bonchev–Trinajstić information content (AvgIpc) is 2.77. The summed E-state index contributed by atoms with van der Waals surface area (Å²) >= 11 is 0. The third-order valence-corrected chi connectivity index (χ3v) is 5.43. The number of rotatable bonds is 2. The van der Waals surface area contributed by atoms with Crippen molar-refractivity contribution < 1.29 is 4.79 Å². The van der Waals surface area contributed by atoms with Crippen molar-refractivity contribution in [1.29, 1.82) is 0 Å². The predicted octanol–water partition coefficient (Wildman–Crippen LogP) is 1.43. The zero-order valence-corrected chi connectivity index (χ0v) is 10.3. The Kier molecular flexibility index (Phi) is 2.26. The van der Waals surface area contributed by atoms with Crippen LogP contribution in [0.15, 0.2) is 0 Å². The average molecular weight is 234 g/mol. The van der Waals surface area contributed by atoms with Gasteiger partial charge in [-0.1, -0.05) is 0 Å². The van der Waals surface area contributed by atoms with Crippen LogP contribution in [0.25, 0.3) is 0 Å². The molecule has 4 rings (SSSR count). The van der Waals surface area contributed by atoms with Crippen molar-refractivity contribution >= 4 is 5.91 Å². The number of carbonyl (C=O) groups is 1. The van der Waals surface area contributed by atoms with Crippen LogP contribution in [-0.4, -0.2) is 24.0 Å². The summed E-state index contributed by atoms with van der Waals surface area (Å²) in [4.78, 5) is 12.2. The number of carbonyl (C=O) groups excluding carboxylic acids is 1. The molecule has 0 spiro atoms. The molecule has 4 atom stereocenters. The highest BCUT2D eigenvalue weighted by molar-refractivity contribution is 5.79. The Bertz CT molecular complexity index is 321. The Morgan fingerprint density at radius 1 is 0.941 bits per heavy atom. The molecule has 2 heterocycles. The lowest BCUT2D eigenvalue weighted by Crippen LogP contribution is -2.49. The van der Waals surface area contributed by atoms with Gasteiger partial charge in [0.2, 0.25) is 5.91 Å². The van der Waals surface area contributed by atoms with Gasteiger partial charge in [0.25, 0.3) is 0 Å². The lowest BCUT2D eigenvalue weighted by molar-refractivity contribution is -0.126. The summed E-state index contributed by atoms with van der Waals surface area (Å²) in [6.45, 7) is 0. The first kappa shape index (κ1) is 10.4. The fourth-order valence-electron chi connectivity index (χ4n) is 4.42. The largest absolute Gasteiger partial charge is 0.353 e. The van der Waals surface area contributed by atoms with Gasteiger partial charge in [-0.15, -0.1) is 0 Å². The molecule has 0 aromatic heterocycles. The lowest BCUT2D eigenvalue weighted by atomic mass is 9.97. The highest BCUT2D eigenvalue weighted by Gasteiger charge is 2.48. The van der Waals surface area contributed by atoms with E-state index in [1.54, 1.807) is 0 Å². The quantitative estimate of drug-likeness (QED) is 0.759. The highest BCUT2D eigenvalue weighted by Crippen LogP contribution is 2.54. The summed E-state index contributed by atoms with van der Waals surface area (Å²) in [5.74, 6) is 2.54. The first-order chi connectivity index (χ1) is 8.28. The molecule has 1 amide bonds. The summed E-state index contributed by atoms with van der Waals surface area (Å²) < 4.78 is 0. The second kappa shape index (κ2) is 3.71. The topological polar surface area (TPSA) is 41.1 Å². The smallest absolute Gasteiger partial charge is 0.223 e. The van der Waals surface area contributed by atoms with Gasteiger partial charge in [-0.25, -0.2) is 0 Å². The van der Waals surface area contributed by atoms with E-state index in [1.807, 2.05) is 0 Å². The van der Waals surface area contributed by atoms with Crippen LogP contribution >= 0.6 is 0 Å². The summed E-state index contributed by atoms with van der Waals surface area (Å²) in [5, 5.41) is 6.95. The van der Waals surface area contributed by atoms with Crippen LogP contribution in [0.1, 0.15) is 44.9 Å². The van der Waals surface area contributed by atoms with Gasteiger partial charge >= 0.3 is 0 Å². The minimum atomic E-state index is 0.353. The van der Waals surface area contributed by atoms with E-state index in [0.717, 1.165) is 24.7 Å². The molecule has 2 saturated heterocycles. The molecule has 3 nitrogen and oxygen atoms in total. The van der Waals surface area contributed by atoms with Gasteiger partial charge in [-0.3, -0.25) is 4.79 Å². The second-order valence-electron chi connectivity index (χ2n) is 6.74. The molecule has 4 aliphatic rings. The van der Waals surface area contributed by atoms with Crippen molar-refractivity contribution in [3.63, 3.8) is 0 Å². The van der Waals surface area contributed by atoms with E-state index in [4.69, 9.17) is 0 Å². The highest BCUT2D eigenvalue weighted by atomic mass is 16.2. The standard InChI is InChI=1S/C14H22N2O/c17-14(10-4-8-3-9(8)5-10)16-13-6-11-1-2-12(7-13)15-11/h8-13,15H,1-7H2,(H,16,17). The number of hydrogen-bond donors (Lipinski definition) is 2. The van der Waals surface area contributed by atoms with Crippen LogP contribution in [0.5, 0.6) is 0 Å². The van der Waals surface area contributed by atoms with E-state index in [9.17, 15) is 4.79 Å². The normalized spacial score (nSPS) is 51.1. The minimum absolute atomic E-state index is 0.353. The van der Waals surface area contributed by atoms with Gasteiger partial charge < -0.3 is 10.6 Å². The van der Waals surface area contributed by atoms with Gasteiger partial charge in [0.05, 0.1) is 0 Å². The Labute approximate surface area is 103 Å². The van der Waals surface area contributed by atoms with Gasteiger partial charge in [-0.05, 0) is 56.8 Å². The zero-order valence-electron chi connectivity index (χ0n) is 10.3. The number of nitrogens with one attached hydrogen (secondary N) is 2. The van der Waals surface area contributed by atoms with Gasteiger partial charge in [0, 0.05) is 24.0 Å².